The molecule has 0 radical (unpaired) electrons. The van der Waals surface area contributed by atoms with Crippen LogP contribution in [-0.4, -0.2) is 132 Å². The molecule has 1 amide bonds. The van der Waals surface area contributed by atoms with Crippen molar-refractivity contribution in [2.24, 2.45) is 17.4 Å². The Bertz CT molecular complexity index is 788. The Kier molecular flexibility index (Phi) is 10.6. The normalized spacial score (nSPS) is 42.6. The maximum absolute atomic E-state index is 12.0. The van der Waals surface area contributed by atoms with E-state index in [1.54, 1.807) is 7.05 Å². The molecule has 1 aliphatic carbocycles. The predicted octanol–water partition coefficient (Wildman–Crippen LogP) is -4.80. The van der Waals surface area contributed by atoms with Crippen molar-refractivity contribution in [3.63, 3.8) is 0 Å². The van der Waals surface area contributed by atoms with Crippen molar-refractivity contribution in [3.05, 3.63) is 11.8 Å². The second-order valence-corrected chi connectivity index (χ2v) is 10.2. The van der Waals surface area contributed by atoms with Gasteiger partial charge in [-0.15, -0.1) is 0 Å². The molecule has 2 fully saturated rings. The molecule has 3 aliphatic rings. The lowest BCUT2D eigenvalue weighted by atomic mass is 9.72. The SMILES string of the molecule is CN[C@@H]1[C@@H](O)[C@@H](O[C@@H]2[C@@H](O)[C@H](C3OC(CNCCO)=CC[C@H]3N)C(N)C[C@H]2NC(=O)CO)OC[C@]1(C)O. The molecule has 0 aromatic heterocycles. The standard InChI is InChI=1S/C23H43N5O9/c1-23(34)10-35-22(18(33)21(23)26-2)37-20-14(28-15(31)9-30)7-13(25)16(17(20)32)19-12(24)4-3-11(36-19)8-27-5-6-29/h3,12-14,16-22,26-27,29-30,32-34H,4-10,24-25H2,1-2H3,(H,28,31)/t12-,13?,14-,16-,17+,18-,19?,20+,21-,22-,23+/m1/s1. The van der Waals surface area contributed by atoms with Crippen LogP contribution in [-0.2, 0) is 19.0 Å². The minimum Gasteiger partial charge on any atom is -0.492 e. The molecule has 1 saturated carbocycles. The highest BCUT2D eigenvalue weighted by Crippen LogP contribution is 2.36. The van der Waals surface area contributed by atoms with E-state index >= 15 is 0 Å². The third-order valence-corrected chi connectivity index (χ3v) is 7.36. The maximum Gasteiger partial charge on any atom is 0.246 e. The minimum absolute atomic E-state index is 0.0265. The number of ether oxygens (including phenoxy) is 3. The number of rotatable bonds is 10. The molecule has 11 atom stereocenters. The molecule has 0 aromatic carbocycles. The first kappa shape index (κ1) is 30.1. The molecule has 1 saturated heterocycles. The van der Waals surface area contributed by atoms with Crippen LogP contribution in [0.3, 0.4) is 0 Å². The van der Waals surface area contributed by atoms with Crippen molar-refractivity contribution in [2.45, 2.75) is 80.2 Å². The lowest BCUT2D eigenvalue weighted by molar-refractivity contribution is -0.297. The van der Waals surface area contributed by atoms with Crippen molar-refractivity contribution in [3.8, 4) is 0 Å². The van der Waals surface area contributed by atoms with Crippen molar-refractivity contribution in [2.75, 3.05) is 40.0 Å². The summed E-state index contributed by atoms with van der Waals surface area (Å²) in [5, 5.41) is 59.8. The Morgan fingerprint density at radius 1 is 1.24 bits per heavy atom. The van der Waals surface area contributed by atoms with Gasteiger partial charge in [0.05, 0.1) is 37.9 Å². The number of nitrogens with two attached hydrogens (primary N) is 2. The Labute approximate surface area is 216 Å². The number of carbonyl (C=O) groups excluding carboxylic acids is 1. The van der Waals surface area contributed by atoms with Gasteiger partial charge in [0.15, 0.2) is 6.29 Å². The van der Waals surface area contributed by atoms with E-state index in [-0.39, 0.29) is 19.6 Å². The van der Waals surface area contributed by atoms with E-state index in [1.807, 2.05) is 6.08 Å². The molecule has 14 heteroatoms. The number of aliphatic hydroxyl groups is 5. The van der Waals surface area contributed by atoms with Gasteiger partial charge in [-0.05, 0) is 32.9 Å². The highest BCUT2D eigenvalue weighted by atomic mass is 16.7. The minimum atomic E-state index is -1.37. The first-order valence-corrected chi connectivity index (χ1v) is 12.7. The van der Waals surface area contributed by atoms with E-state index < -0.39 is 78.9 Å². The van der Waals surface area contributed by atoms with Gasteiger partial charge >= 0.3 is 0 Å². The molecule has 0 aromatic rings. The lowest BCUT2D eigenvalue weighted by Gasteiger charge is -2.50. The van der Waals surface area contributed by atoms with Gasteiger partial charge in [-0.1, -0.05) is 0 Å². The van der Waals surface area contributed by atoms with E-state index in [1.165, 1.54) is 6.92 Å². The summed E-state index contributed by atoms with van der Waals surface area (Å²) in [7, 11) is 1.59. The van der Waals surface area contributed by atoms with Crippen molar-refractivity contribution in [1.82, 2.24) is 16.0 Å². The number of aliphatic hydroxyl groups excluding tert-OH is 4. The fourth-order valence-corrected chi connectivity index (χ4v) is 5.50. The molecular weight excluding hydrogens is 490 g/mol. The third kappa shape index (κ3) is 6.96. The van der Waals surface area contributed by atoms with E-state index in [0.29, 0.717) is 25.3 Å². The Morgan fingerprint density at radius 3 is 2.62 bits per heavy atom. The zero-order valence-corrected chi connectivity index (χ0v) is 21.3. The van der Waals surface area contributed by atoms with Crippen LogP contribution in [0, 0.1) is 5.92 Å². The van der Waals surface area contributed by atoms with Gasteiger partial charge in [0.1, 0.15) is 36.3 Å². The van der Waals surface area contributed by atoms with Crippen LogP contribution in [0.1, 0.15) is 19.8 Å². The van der Waals surface area contributed by atoms with Gasteiger partial charge in [-0.25, -0.2) is 0 Å². The number of hydrogen-bond acceptors (Lipinski definition) is 13. The molecule has 2 heterocycles. The summed E-state index contributed by atoms with van der Waals surface area (Å²) in [5.74, 6) is -0.769. The number of amides is 1. The quantitative estimate of drug-likeness (QED) is 0.119. The smallest absolute Gasteiger partial charge is 0.246 e. The summed E-state index contributed by atoms with van der Waals surface area (Å²) in [4.78, 5) is 12.0. The predicted molar refractivity (Wildman–Crippen MR) is 131 cm³/mol. The Balaban J connectivity index is 1.82. The summed E-state index contributed by atoms with van der Waals surface area (Å²) in [5.41, 5.74) is 11.5. The van der Waals surface area contributed by atoms with Gasteiger partial charge < -0.3 is 67.2 Å². The molecule has 0 spiro atoms. The number of likely N-dealkylation sites (N-methyl/N-ethyl adjacent to an activating group) is 1. The molecule has 12 N–H and O–H groups in total. The molecule has 14 nitrogen and oxygen atoms in total. The number of hydrogen-bond donors (Lipinski definition) is 10. The zero-order valence-electron chi connectivity index (χ0n) is 21.3. The van der Waals surface area contributed by atoms with Gasteiger partial charge in [-0.2, -0.15) is 0 Å². The molecule has 2 unspecified atom stereocenters. The van der Waals surface area contributed by atoms with Crippen LogP contribution >= 0.6 is 0 Å². The topological polar surface area (TPSA) is 234 Å². The van der Waals surface area contributed by atoms with Gasteiger partial charge in [0, 0.05) is 24.5 Å². The number of nitrogens with one attached hydrogen (secondary N) is 3. The van der Waals surface area contributed by atoms with Crippen LogP contribution in [0.15, 0.2) is 11.8 Å². The molecule has 0 bridgehead atoms. The van der Waals surface area contributed by atoms with E-state index in [4.69, 9.17) is 30.8 Å². The van der Waals surface area contributed by atoms with Crippen LogP contribution < -0.4 is 27.4 Å². The summed E-state index contributed by atoms with van der Waals surface area (Å²) in [6.07, 6.45) is -3.11. The zero-order chi connectivity index (χ0) is 27.3. The van der Waals surface area contributed by atoms with Crippen LogP contribution in [0.2, 0.25) is 0 Å². The lowest BCUT2D eigenvalue weighted by Crippen LogP contribution is -2.69. The largest absolute Gasteiger partial charge is 0.492 e. The van der Waals surface area contributed by atoms with Gasteiger partial charge in [0.25, 0.3) is 0 Å². The van der Waals surface area contributed by atoms with Gasteiger partial charge in [0.2, 0.25) is 5.91 Å². The molecule has 214 valence electrons. The molecule has 37 heavy (non-hydrogen) atoms. The summed E-state index contributed by atoms with van der Waals surface area (Å²) >= 11 is 0. The fraction of sp³-hybridized carbons (Fsp3) is 0.870. The van der Waals surface area contributed by atoms with E-state index in [9.17, 15) is 25.2 Å². The van der Waals surface area contributed by atoms with E-state index in [0.717, 1.165) is 0 Å². The van der Waals surface area contributed by atoms with Gasteiger partial charge in [-0.3, -0.25) is 4.79 Å². The average molecular weight is 534 g/mol. The van der Waals surface area contributed by atoms with Crippen LogP contribution in [0.5, 0.6) is 0 Å². The third-order valence-electron chi connectivity index (χ3n) is 7.36. The monoisotopic (exact) mass is 533 g/mol. The number of carbonyl (C=O) groups is 1. The maximum atomic E-state index is 12.0. The Hall–Kier alpha value is -1.43. The average Bonchev–Trinajstić information content (AvgIpc) is 2.84. The first-order chi connectivity index (χ1) is 17.5. The summed E-state index contributed by atoms with van der Waals surface area (Å²) < 4.78 is 17.8. The summed E-state index contributed by atoms with van der Waals surface area (Å²) in [6.45, 7) is 1.33. The van der Waals surface area contributed by atoms with Crippen LogP contribution in [0.4, 0.5) is 0 Å². The molecule has 3 rings (SSSR count). The first-order valence-electron chi connectivity index (χ1n) is 12.7. The van der Waals surface area contributed by atoms with Crippen molar-refractivity contribution < 1.29 is 44.5 Å². The Morgan fingerprint density at radius 2 is 1.97 bits per heavy atom. The van der Waals surface area contributed by atoms with Crippen molar-refractivity contribution in [1.29, 1.82) is 0 Å². The summed E-state index contributed by atoms with van der Waals surface area (Å²) in [6, 6.07) is -2.72. The van der Waals surface area contributed by atoms with Crippen molar-refractivity contribution >= 4 is 5.91 Å². The highest BCUT2D eigenvalue weighted by Gasteiger charge is 2.53. The molecular formula is C23H43N5O9. The second kappa shape index (κ2) is 13.1. The second-order valence-electron chi connectivity index (χ2n) is 10.2. The fourth-order valence-electron chi connectivity index (χ4n) is 5.50. The highest BCUT2D eigenvalue weighted by molar-refractivity contribution is 5.77. The van der Waals surface area contributed by atoms with E-state index in [2.05, 4.69) is 16.0 Å². The van der Waals surface area contributed by atoms with Crippen LogP contribution in [0.25, 0.3) is 0 Å². The molecule has 2 aliphatic heterocycles.